The summed E-state index contributed by atoms with van der Waals surface area (Å²) in [6.45, 7) is -0.0409. The number of nitro groups is 3. The fourth-order valence-electron chi connectivity index (χ4n) is 3.30. The highest BCUT2D eigenvalue weighted by atomic mass is 32.2. The largest absolute Gasteiger partial charge is 0.450 e. The average Bonchev–Trinajstić information content (AvgIpc) is 3.12. The molecule has 13 nitrogen and oxygen atoms in total. The minimum absolute atomic E-state index is 0.0409. The standard InChI is InChI=1S/C23H14N4O9S/c28-22-21(37-23(29)24(22)13-15-1-5-16(6-2-15)25(30)31)11-14-3-8-18(9-4-14)36-20-10-7-17(26(32)33)12-19(20)27(34)35/h1-12H,13H2. The van der Waals surface area contributed by atoms with E-state index in [0.29, 0.717) is 11.1 Å². The molecule has 0 bridgehead atoms. The van der Waals surface area contributed by atoms with Gasteiger partial charge in [-0.2, -0.15) is 0 Å². The third kappa shape index (κ3) is 5.59. The summed E-state index contributed by atoms with van der Waals surface area (Å²) in [5, 5.41) is 32.5. The number of rotatable bonds is 8. The first-order chi connectivity index (χ1) is 17.6. The Hall–Kier alpha value is -5.11. The van der Waals surface area contributed by atoms with E-state index < -0.39 is 37.3 Å². The molecule has 3 aromatic carbocycles. The number of benzene rings is 3. The lowest BCUT2D eigenvalue weighted by Crippen LogP contribution is -2.27. The summed E-state index contributed by atoms with van der Waals surface area (Å²) in [5.41, 5.74) is -0.0207. The molecule has 0 unspecified atom stereocenters. The van der Waals surface area contributed by atoms with Crippen LogP contribution < -0.4 is 4.74 Å². The zero-order valence-electron chi connectivity index (χ0n) is 18.5. The first-order valence-corrected chi connectivity index (χ1v) is 11.1. The van der Waals surface area contributed by atoms with Crippen LogP contribution >= 0.6 is 11.8 Å². The summed E-state index contributed by atoms with van der Waals surface area (Å²) < 4.78 is 5.51. The molecule has 4 rings (SSSR count). The molecule has 14 heteroatoms. The number of ether oxygens (including phenoxy) is 1. The van der Waals surface area contributed by atoms with E-state index in [9.17, 15) is 39.9 Å². The molecule has 1 heterocycles. The molecule has 1 saturated heterocycles. The number of thioether (sulfide) groups is 1. The van der Waals surface area contributed by atoms with E-state index in [4.69, 9.17) is 4.74 Å². The smallest absolute Gasteiger partial charge is 0.318 e. The molecule has 186 valence electrons. The van der Waals surface area contributed by atoms with E-state index in [1.54, 1.807) is 12.1 Å². The lowest BCUT2D eigenvalue weighted by Gasteiger charge is -2.12. The number of hydrogen-bond acceptors (Lipinski definition) is 10. The van der Waals surface area contributed by atoms with Crippen molar-refractivity contribution >= 4 is 46.0 Å². The van der Waals surface area contributed by atoms with Crippen LogP contribution in [0.3, 0.4) is 0 Å². The van der Waals surface area contributed by atoms with E-state index in [-0.39, 0.29) is 28.6 Å². The van der Waals surface area contributed by atoms with Crippen LogP contribution in [-0.2, 0) is 11.3 Å². The normalized spacial score (nSPS) is 14.2. The number of non-ortho nitro benzene ring substituents is 2. The lowest BCUT2D eigenvalue weighted by atomic mass is 10.2. The third-order valence-corrected chi connectivity index (χ3v) is 6.02. The molecule has 0 atom stereocenters. The van der Waals surface area contributed by atoms with Crippen LogP contribution in [0.15, 0.2) is 71.6 Å². The van der Waals surface area contributed by atoms with Crippen molar-refractivity contribution in [1.82, 2.24) is 4.90 Å². The van der Waals surface area contributed by atoms with Crippen molar-refractivity contribution in [3.8, 4) is 11.5 Å². The molecule has 0 aliphatic carbocycles. The predicted molar refractivity (Wildman–Crippen MR) is 131 cm³/mol. The highest BCUT2D eigenvalue weighted by Crippen LogP contribution is 2.36. The Labute approximate surface area is 211 Å². The van der Waals surface area contributed by atoms with Gasteiger partial charge >= 0.3 is 5.69 Å². The first-order valence-electron chi connectivity index (χ1n) is 10.3. The molecule has 0 aromatic heterocycles. The zero-order valence-corrected chi connectivity index (χ0v) is 19.3. The number of imide groups is 1. The first kappa shape index (κ1) is 25.0. The van der Waals surface area contributed by atoms with Gasteiger partial charge in [0.25, 0.3) is 22.5 Å². The summed E-state index contributed by atoms with van der Waals surface area (Å²) in [5.74, 6) is -0.494. The van der Waals surface area contributed by atoms with Gasteiger partial charge < -0.3 is 4.74 Å². The van der Waals surface area contributed by atoms with E-state index in [1.165, 1.54) is 42.5 Å². The minimum Gasteiger partial charge on any atom is -0.450 e. The average molecular weight is 522 g/mol. The molecule has 2 amide bonds. The fourth-order valence-corrected chi connectivity index (χ4v) is 4.14. The maximum atomic E-state index is 12.8. The Morgan fingerprint density at radius 2 is 1.43 bits per heavy atom. The van der Waals surface area contributed by atoms with Crippen LogP contribution in [-0.4, -0.2) is 30.8 Å². The summed E-state index contributed by atoms with van der Waals surface area (Å²) in [4.78, 5) is 57.2. The van der Waals surface area contributed by atoms with Gasteiger partial charge in [-0.25, -0.2) is 0 Å². The minimum atomic E-state index is -0.788. The Morgan fingerprint density at radius 1 is 0.811 bits per heavy atom. The topological polar surface area (TPSA) is 176 Å². The van der Waals surface area contributed by atoms with Crippen LogP contribution in [0.2, 0.25) is 0 Å². The molecular formula is C23H14N4O9S. The van der Waals surface area contributed by atoms with Crippen molar-refractivity contribution in [2.24, 2.45) is 0 Å². The number of nitrogens with zero attached hydrogens (tertiary/aromatic N) is 4. The number of hydrogen-bond donors (Lipinski definition) is 0. The molecule has 1 fully saturated rings. The van der Waals surface area contributed by atoms with Crippen molar-refractivity contribution in [2.75, 3.05) is 0 Å². The zero-order chi connectivity index (χ0) is 26.7. The Morgan fingerprint density at radius 3 is 2.03 bits per heavy atom. The van der Waals surface area contributed by atoms with Crippen molar-refractivity contribution in [2.45, 2.75) is 6.54 Å². The molecule has 37 heavy (non-hydrogen) atoms. The number of amides is 2. The fraction of sp³-hybridized carbons (Fsp3) is 0.0435. The second-order valence-electron chi connectivity index (χ2n) is 7.53. The molecule has 0 N–H and O–H groups in total. The second kappa shape index (κ2) is 10.2. The van der Waals surface area contributed by atoms with Crippen molar-refractivity contribution < 1.29 is 29.1 Å². The number of carbonyl (C=O) groups excluding carboxylic acids is 2. The van der Waals surface area contributed by atoms with Gasteiger partial charge in [0, 0.05) is 18.2 Å². The predicted octanol–water partition coefficient (Wildman–Crippen LogP) is 5.44. The molecule has 0 spiro atoms. The molecular weight excluding hydrogens is 508 g/mol. The van der Waals surface area contributed by atoms with Crippen LogP contribution in [0.5, 0.6) is 11.5 Å². The van der Waals surface area contributed by atoms with Gasteiger partial charge in [-0.05, 0) is 47.2 Å². The van der Waals surface area contributed by atoms with E-state index in [0.717, 1.165) is 34.9 Å². The van der Waals surface area contributed by atoms with E-state index in [2.05, 4.69) is 0 Å². The second-order valence-corrected chi connectivity index (χ2v) is 8.52. The van der Waals surface area contributed by atoms with Crippen LogP contribution in [0.25, 0.3) is 6.08 Å². The molecule has 3 aromatic rings. The number of carbonyl (C=O) groups is 2. The van der Waals surface area contributed by atoms with Crippen molar-refractivity contribution in [3.05, 3.63) is 113 Å². The molecule has 0 saturated carbocycles. The van der Waals surface area contributed by atoms with Gasteiger partial charge in [-0.1, -0.05) is 24.3 Å². The third-order valence-electron chi connectivity index (χ3n) is 5.12. The van der Waals surface area contributed by atoms with Gasteiger partial charge in [0.1, 0.15) is 5.75 Å². The molecule has 1 aliphatic heterocycles. The van der Waals surface area contributed by atoms with Crippen molar-refractivity contribution in [1.29, 1.82) is 0 Å². The van der Waals surface area contributed by atoms with Gasteiger partial charge in [0.2, 0.25) is 5.75 Å². The van der Waals surface area contributed by atoms with E-state index >= 15 is 0 Å². The summed E-state index contributed by atoms with van der Waals surface area (Å²) in [7, 11) is 0. The Kier molecular flexibility index (Phi) is 6.92. The summed E-state index contributed by atoms with van der Waals surface area (Å²) in [6.07, 6.45) is 1.50. The highest BCUT2D eigenvalue weighted by Gasteiger charge is 2.35. The summed E-state index contributed by atoms with van der Waals surface area (Å²) >= 11 is 0.749. The van der Waals surface area contributed by atoms with Crippen LogP contribution in [0.1, 0.15) is 11.1 Å². The number of nitro benzene ring substituents is 3. The van der Waals surface area contributed by atoms with Gasteiger partial charge in [0.15, 0.2) is 0 Å². The lowest BCUT2D eigenvalue weighted by molar-refractivity contribution is -0.394. The Bertz CT molecular complexity index is 1470. The van der Waals surface area contributed by atoms with E-state index in [1.807, 2.05) is 0 Å². The maximum absolute atomic E-state index is 12.8. The van der Waals surface area contributed by atoms with Gasteiger partial charge in [-0.15, -0.1) is 0 Å². The Balaban J connectivity index is 1.47. The van der Waals surface area contributed by atoms with Gasteiger partial charge in [-0.3, -0.25) is 44.8 Å². The SMILES string of the molecule is O=C1SC(=Cc2ccc(Oc3ccc([N+](=O)[O-])cc3[N+](=O)[O-])cc2)C(=O)N1Cc1ccc([N+](=O)[O-])cc1. The monoisotopic (exact) mass is 522 g/mol. The van der Waals surface area contributed by atoms with Crippen LogP contribution in [0.4, 0.5) is 21.9 Å². The molecule has 0 radical (unpaired) electrons. The highest BCUT2D eigenvalue weighted by molar-refractivity contribution is 8.18. The van der Waals surface area contributed by atoms with Crippen molar-refractivity contribution in [3.63, 3.8) is 0 Å². The summed E-state index contributed by atoms with van der Waals surface area (Å²) in [6, 6.07) is 14.6. The maximum Gasteiger partial charge on any atom is 0.318 e. The quantitative estimate of drug-likeness (QED) is 0.210. The van der Waals surface area contributed by atoms with Gasteiger partial charge in [0.05, 0.1) is 32.3 Å². The molecule has 1 aliphatic rings. The van der Waals surface area contributed by atoms with Crippen LogP contribution in [0, 0.1) is 30.3 Å².